The molecule has 3 atom stereocenters. The Labute approximate surface area is 417 Å². The second kappa shape index (κ2) is 22.4. The molecule has 1 aliphatic heterocycles. The van der Waals surface area contributed by atoms with Crippen molar-refractivity contribution in [2.75, 3.05) is 26.7 Å². The van der Waals surface area contributed by atoms with Crippen molar-refractivity contribution in [2.45, 2.75) is 100 Å². The standard InChI is InChI=1S/C60H62ClN3O6/c1-63(59(68)69-41-51-49-29-15-13-27-47(49)48-28-14-16-30-50(48)51)55(39-42-21-7-5-8-22-42)57(66)62-54(58(67)64-37-19-20-38-64)40-56(65)70-60(45-25-11-6-12-26-45,52-31-17-18-32-53(52)61)46-35-33-44(34-36-46)43-23-9-3-2-4-10-24-43/h5-8,11-18,21-22,25-36,43,51,54-55H,2-4,9-10,19-20,23-24,37-41H2,1H3,(H,62,66)/t54-,55-,60?/m0/s1. The van der Waals surface area contributed by atoms with E-state index in [4.69, 9.17) is 21.1 Å². The van der Waals surface area contributed by atoms with Crippen molar-refractivity contribution < 1.29 is 28.7 Å². The molecule has 9 nitrogen and oxygen atoms in total. The van der Waals surface area contributed by atoms with Crippen molar-refractivity contribution in [3.63, 3.8) is 0 Å². The minimum absolute atomic E-state index is 0.0662. The number of likely N-dealkylation sites (tertiary alicyclic amines) is 1. The second-order valence-corrected chi connectivity index (χ2v) is 19.5. The highest BCUT2D eigenvalue weighted by Crippen LogP contribution is 2.46. The summed E-state index contributed by atoms with van der Waals surface area (Å²) in [6.07, 6.45) is 9.02. The molecule has 1 unspecified atom stereocenters. The Kier molecular flexibility index (Phi) is 15.4. The summed E-state index contributed by atoms with van der Waals surface area (Å²) in [5, 5.41) is 3.37. The third-order valence-electron chi connectivity index (χ3n) is 14.7. The second-order valence-electron chi connectivity index (χ2n) is 19.1. The van der Waals surface area contributed by atoms with Crippen LogP contribution < -0.4 is 5.32 Å². The van der Waals surface area contributed by atoms with Crippen LogP contribution in [-0.2, 0) is 35.9 Å². The SMILES string of the molecule is CN(C(=O)OCC1c2ccccc2-c2ccccc21)[C@@H](Cc1ccccc1)C(=O)N[C@@H](CC(=O)OC(c1ccccc1)(c1ccc(C2CCCCCCC2)cc1)c1ccccc1Cl)C(=O)N1CCCC1. The first-order valence-electron chi connectivity index (χ1n) is 25.0. The first-order valence-corrected chi connectivity index (χ1v) is 25.4. The van der Waals surface area contributed by atoms with Gasteiger partial charge in [0.05, 0.1) is 6.42 Å². The summed E-state index contributed by atoms with van der Waals surface area (Å²) >= 11 is 7.10. The molecule has 360 valence electrons. The Morgan fingerprint density at radius 3 is 1.87 bits per heavy atom. The van der Waals surface area contributed by atoms with Crippen LogP contribution in [0.1, 0.15) is 115 Å². The quantitative estimate of drug-likeness (QED) is 0.0812. The van der Waals surface area contributed by atoms with E-state index in [1.807, 2.05) is 115 Å². The van der Waals surface area contributed by atoms with Gasteiger partial charge in [0, 0.05) is 54.2 Å². The van der Waals surface area contributed by atoms with Crippen molar-refractivity contribution in [2.24, 2.45) is 0 Å². The number of rotatable bonds is 15. The van der Waals surface area contributed by atoms with Crippen LogP contribution in [0.5, 0.6) is 0 Å². The van der Waals surface area contributed by atoms with Crippen LogP contribution in [0, 0.1) is 0 Å². The summed E-state index contributed by atoms with van der Waals surface area (Å²) in [7, 11) is 1.54. The fourth-order valence-corrected chi connectivity index (χ4v) is 11.2. The Morgan fingerprint density at radius 1 is 0.671 bits per heavy atom. The van der Waals surface area contributed by atoms with Crippen LogP contribution in [0.25, 0.3) is 11.1 Å². The van der Waals surface area contributed by atoms with Gasteiger partial charge >= 0.3 is 12.1 Å². The van der Waals surface area contributed by atoms with E-state index in [1.165, 1.54) is 49.6 Å². The molecule has 0 spiro atoms. The molecule has 6 aromatic rings. The Morgan fingerprint density at radius 2 is 1.23 bits per heavy atom. The fraction of sp³-hybridized carbons (Fsp3) is 0.333. The van der Waals surface area contributed by atoms with Crippen molar-refractivity contribution in [3.8, 4) is 11.1 Å². The van der Waals surface area contributed by atoms with E-state index >= 15 is 4.79 Å². The number of amides is 3. The Hall–Kier alpha value is -6.71. The molecule has 0 radical (unpaired) electrons. The average molecular weight is 957 g/mol. The molecule has 10 heteroatoms. The number of benzene rings is 6. The molecule has 1 heterocycles. The van der Waals surface area contributed by atoms with Crippen molar-refractivity contribution in [1.29, 1.82) is 0 Å². The molecule has 2 aliphatic carbocycles. The molecule has 0 aromatic heterocycles. The highest BCUT2D eigenvalue weighted by molar-refractivity contribution is 6.31. The van der Waals surface area contributed by atoms with E-state index in [0.29, 0.717) is 40.7 Å². The van der Waals surface area contributed by atoms with Crippen LogP contribution in [0.15, 0.2) is 158 Å². The zero-order valence-electron chi connectivity index (χ0n) is 39.9. The molecule has 9 rings (SSSR count). The van der Waals surface area contributed by atoms with Crippen LogP contribution in [0.3, 0.4) is 0 Å². The topological polar surface area (TPSA) is 105 Å². The van der Waals surface area contributed by atoms with Gasteiger partial charge in [0.2, 0.25) is 11.8 Å². The first-order chi connectivity index (χ1) is 34.2. The van der Waals surface area contributed by atoms with Gasteiger partial charge in [0.1, 0.15) is 18.7 Å². The monoisotopic (exact) mass is 955 g/mol. The third-order valence-corrected chi connectivity index (χ3v) is 15.0. The normalized spacial score (nSPS) is 16.6. The van der Waals surface area contributed by atoms with Crippen LogP contribution in [0.2, 0.25) is 5.02 Å². The van der Waals surface area contributed by atoms with Crippen molar-refractivity contribution >= 4 is 35.5 Å². The number of nitrogens with zero attached hydrogens (tertiary/aromatic N) is 2. The number of fused-ring (bicyclic) bond motifs is 3. The van der Waals surface area contributed by atoms with Crippen LogP contribution in [0.4, 0.5) is 4.79 Å². The minimum atomic E-state index is -1.53. The number of halogens is 1. The molecule has 1 N–H and O–H groups in total. The maximum Gasteiger partial charge on any atom is 0.410 e. The van der Waals surface area contributed by atoms with Gasteiger partial charge in [-0.1, -0.05) is 195 Å². The lowest BCUT2D eigenvalue weighted by atomic mass is 9.78. The molecule has 70 heavy (non-hydrogen) atoms. The van der Waals surface area contributed by atoms with Gasteiger partial charge in [-0.2, -0.15) is 0 Å². The van der Waals surface area contributed by atoms with Crippen molar-refractivity contribution in [3.05, 3.63) is 202 Å². The molecule has 3 amide bonds. The van der Waals surface area contributed by atoms with Gasteiger partial charge in [0.25, 0.3) is 0 Å². The molecule has 2 fully saturated rings. The van der Waals surface area contributed by atoms with E-state index in [0.717, 1.165) is 53.5 Å². The van der Waals surface area contributed by atoms with Crippen molar-refractivity contribution in [1.82, 2.24) is 15.1 Å². The number of ether oxygens (including phenoxy) is 2. The molecule has 1 saturated carbocycles. The van der Waals surface area contributed by atoms with Gasteiger partial charge in [-0.05, 0) is 71.0 Å². The van der Waals surface area contributed by atoms with Gasteiger partial charge in [-0.3, -0.25) is 19.3 Å². The predicted molar refractivity (Wildman–Crippen MR) is 274 cm³/mol. The van der Waals surface area contributed by atoms with Gasteiger partial charge < -0.3 is 19.7 Å². The average Bonchev–Trinajstić information content (AvgIpc) is 4.04. The van der Waals surface area contributed by atoms with E-state index in [9.17, 15) is 14.4 Å². The lowest BCUT2D eigenvalue weighted by molar-refractivity contribution is -0.156. The Bertz CT molecular complexity index is 2710. The lowest BCUT2D eigenvalue weighted by Crippen LogP contribution is -2.56. The summed E-state index contributed by atoms with van der Waals surface area (Å²) in [4.78, 5) is 61.6. The molecule has 0 bridgehead atoms. The molecule has 6 aromatic carbocycles. The maximum absolute atomic E-state index is 15.0. The maximum atomic E-state index is 15.0. The number of likely N-dealkylation sites (N-methyl/N-ethyl adjacent to an activating group) is 1. The summed E-state index contributed by atoms with van der Waals surface area (Å²) in [6, 6.07) is 48.5. The molecule has 3 aliphatic rings. The van der Waals surface area contributed by atoms with Gasteiger partial charge in [-0.25, -0.2) is 4.79 Å². The van der Waals surface area contributed by atoms with Gasteiger partial charge in [-0.15, -0.1) is 0 Å². The number of carbonyl (C=O) groups is 4. The largest absolute Gasteiger partial charge is 0.448 e. The number of nitrogens with one attached hydrogen (secondary N) is 1. The number of hydrogen-bond donors (Lipinski definition) is 1. The molecule has 1 saturated heterocycles. The smallest absolute Gasteiger partial charge is 0.410 e. The van der Waals surface area contributed by atoms with Crippen LogP contribution >= 0.6 is 11.6 Å². The summed E-state index contributed by atoms with van der Waals surface area (Å²) in [5.41, 5.74) is 6.82. The molecular formula is C60H62ClN3O6. The zero-order chi connectivity index (χ0) is 48.5. The number of hydrogen-bond acceptors (Lipinski definition) is 6. The van der Waals surface area contributed by atoms with Crippen LogP contribution in [-0.4, -0.2) is 72.5 Å². The van der Waals surface area contributed by atoms with E-state index in [-0.39, 0.29) is 18.9 Å². The predicted octanol–water partition coefficient (Wildman–Crippen LogP) is 12.0. The number of esters is 1. The third kappa shape index (κ3) is 10.6. The summed E-state index contributed by atoms with van der Waals surface area (Å²) in [6.45, 7) is 1.05. The zero-order valence-corrected chi connectivity index (χ0v) is 40.7. The van der Waals surface area contributed by atoms with E-state index in [2.05, 4.69) is 41.7 Å². The van der Waals surface area contributed by atoms with E-state index < -0.39 is 48.0 Å². The molecular weight excluding hydrogens is 894 g/mol. The highest BCUT2D eigenvalue weighted by atomic mass is 35.5. The fourth-order valence-electron chi connectivity index (χ4n) is 10.9. The minimum Gasteiger partial charge on any atom is -0.448 e. The highest BCUT2D eigenvalue weighted by Gasteiger charge is 2.44. The van der Waals surface area contributed by atoms with Gasteiger partial charge in [0.15, 0.2) is 5.60 Å². The van der Waals surface area contributed by atoms with E-state index in [1.54, 1.807) is 11.0 Å². The number of carbonyl (C=O) groups excluding carboxylic acids is 4. The first kappa shape index (κ1) is 48.3. The summed E-state index contributed by atoms with van der Waals surface area (Å²) in [5.74, 6) is -1.45. The summed E-state index contributed by atoms with van der Waals surface area (Å²) < 4.78 is 12.9. The Balaban J connectivity index is 1.01. The lowest BCUT2D eigenvalue weighted by Gasteiger charge is -2.37.